The molecule has 8 rings (SSSR count). The molecule has 6 heterocycles. The van der Waals surface area contributed by atoms with E-state index in [1.807, 2.05) is 11.0 Å². The molecule has 7 heteroatoms. The zero-order valence-electron chi connectivity index (χ0n) is 20.5. The molecular weight excluding hydrogens is 430 g/mol. The number of aliphatic hydroxyl groups excluding tert-OH is 1. The third kappa shape index (κ3) is 2.36. The number of carbonyl (C=O) groups is 2. The number of piperazine rings is 1. The summed E-state index contributed by atoms with van der Waals surface area (Å²) in [4.78, 5) is 32.9. The number of amides is 2. The molecule has 4 fully saturated rings. The van der Waals surface area contributed by atoms with E-state index in [-0.39, 0.29) is 28.7 Å². The summed E-state index contributed by atoms with van der Waals surface area (Å²) < 4.78 is 6.21. The van der Waals surface area contributed by atoms with Gasteiger partial charge in [0.1, 0.15) is 22.4 Å². The molecule has 3 N–H and O–H groups in total. The van der Waals surface area contributed by atoms with Crippen LogP contribution in [0.2, 0.25) is 0 Å². The lowest BCUT2D eigenvalue weighted by Gasteiger charge is -2.64. The second kappa shape index (κ2) is 6.45. The minimum atomic E-state index is -0.848. The Labute approximate surface area is 199 Å². The number of rotatable bonds is 0. The van der Waals surface area contributed by atoms with Gasteiger partial charge in [0.15, 0.2) is 0 Å². The van der Waals surface area contributed by atoms with Gasteiger partial charge in [-0.1, -0.05) is 13.8 Å². The second-order valence-corrected chi connectivity index (χ2v) is 11.6. The minimum Gasteiger partial charge on any atom is -0.483 e. The van der Waals surface area contributed by atoms with Gasteiger partial charge in [-0.3, -0.25) is 9.59 Å². The fraction of sp³-hybridized carbons (Fsp3) is 0.556. The first-order valence-corrected chi connectivity index (χ1v) is 12.2. The molecule has 3 atom stereocenters. The first kappa shape index (κ1) is 21.7. The summed E-state index contributed by atoms with van der Waals surface area (Å²) in [5.41, 5.74) is 2.38. The Hall–Kier alpha value is -2.80. The molecule has 180 valence electrons. The fourth-order valence-electron chi connectivity index (χ4n) is 7.56. The van der Waals surface area contributed by atoms with Crippen LogP contribution < -0.4 is 10.1 Å². The van der Waals surface area contributed by atoms with Crippen molar-refractivity contribution in [2.75, 3.05) is 13.7 Å². The maximum Gasteiger partial charge on any atom is 0.249 e. The maximum atomic E-state index is 13.9. The predicted octanol–water partition coefficient (Wildman–Crippen LogP) is 3.04. The normalized spacial score (nSPS) is 33.2. The molecule has 4 saturated heterocycles. The van der Waals surface area contributed by atoms with Gasteiger partial charge in [0, 0.05) is 48.1 Å². The molecular formula is C27H33N3O4. The molecule has 6 aliphatic rings. The Morgan fingerprint density at radius 1 is 1.15 bits per heavy atom. The van der Waals surface area contributed by atoms with Crippen molar-refractivity contribution in [3.05, 3.63) is 35.0 Å². The van der Waals surface area contributed by atoms with E-state index in [4.69, 9.17) is 9.84 Å². The molecule has 2 aromatic rings. The van der Waals surface area contributed by atoms with Gasteiger partial charge in [-0.05, 0) is 63.0 Å². The molecule has 0 radical (unpaired) electrons. The summed E-state index contributed by atoms with van der Waals surface area (Å²) in [6, 6.07) is 4.16. The second-order valence-electron chi connectivity index (χ2n) is 11.6. The summed E-state index contributed by atoms with van der Waals surface area (Å²) in [5.74, 6) is 1.13. The number of fused-ring (bicyclic) bond motifs is 6. The third-order valence-electron chi connectivity index (χ3n) is 9.09. The van der Waals surface area contributed by atoms with Gasteiger partial charge in [-0.25, -0.2) is 0 Å². The van der Waals surface area contributed by atoms with E-state index in [1.54, 1.807) is 0 Å². The topological polar surface area (TPSA) is 94.7 Å². The van der Waals surface area contributed by atoms with Gasteiger partial charge in [-0.2, -0.15) is 0 Å². The van der Waals surface area contributed by atoms with Crippen LogP contribution in [-0.2, 0) is 21.4 Å². The van der Waals surface area contributed by atoms with Crippen LogP contribution in [0.5, 0.6) is 5.75 Å². The Morgan fingerprint density at radius 3 is 2.68 bits per heavy atom. The van der Waals surface area contributed by atoms with Crippen LogP contribution in [0.3, 0.4) is 0 Å². The highest BCUT2D eigenvalue weighted by molar-refractivity contribution is 6.06. The van der Waals surface area contributed by atoms with Crippen molar-refractivity contribution in [3.63, 3.8) is 0 Å². The molecule has 0 saturated carbocycles. The number of piperidine rings is 2. The number of carbonyl (C=O) groups excluding carboxylic acids is 2. The average Bonchev–Trinajstić information content (AvgIpc) is 3.39. The number of aliphatic hydroxyl groups is 1. The van der Waals surface area contributed by atoms with Crippen LogP contribution in [0.4, 0.5) is 0 Å². The first-order valence-electron chi connectivity index (χ1n) is 12.2. The van der Waals surface area contributed by atoms with Gasteiger partial charge >= 0.3 is 0 Å². The number of aromatic nitrogens is 1. The lowest BCUT2D eigenvalue weighted by Crippen LogP contribution is -2.84. The number of ether oxygens (including phenoxy) is 1. The standard InChI is InChI=1S/C26H29N3O3.CH4O/c1-23(2)10-8-15-17(32-23)7-6-14-16-12-26-18(24(3,4)20(16)27-19(14)15)13-25(21(30)28-26)9-5-11-29(25)22(26)31;1-2/h6-8,10,18,27H,5,9,11-13H2,1-4H3,(H,28,30);2H,1H3/t18-,25+,26+;/m1./s1. The van der Waals surface area contributed by atoms with Crippen LogP contribution >= 0.6 is 0 Å². The largest absolute Gasteiger partial charge is 0.483 e. The number of benzene rings is 1. The Morgan fingerprint density at radius 2 is 1.91 bits per heavy atom. The molecule has 7 nitrogen and oxygen atoms in total. The summed E-state index contributed by atoms with van der Waals surface area (Å²) in [7, 11) is 1.00. The van der Waals surface area contributed by atoms with Crippen molar-refractivity contribution in [2.24, 2.45) is 5.92 Å². The average molecular weight is 464 g/mol. The number of hydrogen-bond acceptors (Lipinski definition) is 4. The third-order valence-corrected chi connectivity index (χ3v) is 9.09. The highest BCUT2D eigenvalue weighted by Crippen LogP contribution is 2.59. The fourth-order valence-corrected chi connectivity index (χ4v) is 7.56. The number of nitrogens with one attached hydrogen (secondary N) is 2. The molecule has 1 aromatic carbocycles. The maximum absolute atomic E-state index is 13.9. The van der Waals surface area contributed by atoms with E-state index >= 15 is 0 Å². The molecule has 34 heavy (non-hydrogen) atoms. The van der Waals surface area contributed by atoms with Crippen molar-refractivity contribution in [1.82, 2.24) is 15.2 Å². The van der Waals surface area contributed by atoms with Crippen LogP contribution in [0.15, 0.2) is 18.2 Å². The Balaban J connectivity index is 0.00000106. The highest BCUT2D eigenvalue weighted by Gasteiger charge is 2.72. The van der Waals surface area contributed by atoms with E-state index in [0.717, 1.165) is 54.2 Å². The van der Waals surface area contributed by atoms with Crippen LogP contribution in [0.25, 0.3) is 17.0 Å². The van der Waals surface area contributed by atoms with Crippen LogP contribution in [-0.4, -0.2) is 57.1 Å². The lowest BCUT2D eigenvalue weighted by molar-refractivity contribution is -0.179. The predicted molar refractivity (Wildman–Crippen MR) is 130 cm³/mol. The van der Waals surface area contributed by atoms with E-state index in [1.165, 1.54) is 5.69 Å². The van der Waals surface area contributed by atoms with Crippen LogP contribution in [0, 0.1) is 5.92 Å². The van der Waals surface area contributed by atoms with Crippen molar-refractivity contribution >= 4 is 28.8 Å². The minimum absolute atomic E-state index is 0.0564. The van der Waals surface area contributed by atoms with Gasteiger partial charge in [0.2, 0.25) is 11.8 Å². The van der Waals surface area contributed by atoms with Gasteiger partial charge in [-0.15, -0.1) is 0 Å². The van der Waals surface area contributed by atoms with Crippen molar-refractivity contribution in [2.45, 2.75) is 75.5 Å². The van der Waals surface area contributed by atoms with E-state index in [9.17, 15) is 9.59 Å². The summed E-state index contributed by atoms with van der Waals surface area (Å²) >= 11 is 0. The van der Waals surface area contributed by atoms with Crippen molar-refractivity contribution in [1.29, 1.82) is 0 Å². The Bertz CT molecular complexity index is 1290. The van der Waals surface area contributed by atoms with Gasteiger partial charge < -0.3 is 25.0 Å². The zero-order chi connectivity index (χ0) is 24.3. The number of hydrogen-bond donors (Lipinski definition) is 3. The van der Waals surface area contributed by atoms with E-state index < -0.39 is 11.1 Å². The molecule has 5 aliphatic heterocycles. The van der Waals surface area contributed by atoms with Crippen molar-refractivity contribution in [3.8, 4) is 5.75 Å². The Kier molecular flexibility index (Phi) is 4.12. The van der Waals surface area contributed by atoms with Gasteiger partial charge in [0.25, 0.3) is 0 Å². The van der Waals surface area contributed by atoms with Crippen molar-refractivity contribution < 1.29 is 19.4 Å². The number of H-pyrrole nitrogens is 1. The SMILES string of the molecule is CC1(C)C=Cc2c(ccc3c4c([nH]c23)C(C)(C)[C@H]2C[C@]35CCCN3C(=O)[C@@]2(C4)NC5=O)O1.CO. The summed E-state index contributed by atoms with van der Waals surface area (Å²) in [5, 5.41) is 11.4. The first-order chi connectivity index (χ1) is 16.1. The molecule has 2 amide bonds. The molecule has 2 bridgehead atoms. The quantitative estimate of drug-likeness (QED) is 0.560. The lowest BCUT2D eigenvalue weighted by atomic mass is 9.51. The summed E-state index contributed by atoms with van der Waals surface area (Å²) in [6.45, 7) is 9.29. The van der Waals surface area contributed by atoms with Crippen LogP contribution in [0.1, 0.15) is 63.8 Å². The number of nitrogens with zero attached hydrogens (tertiary/aromatic N) is 1. The highest BCUT2D eigenvalue weighted by atomic mass is 16.5. The van der Waals surface area contributed by atoms with Gasteiger partial charge in [0.05, 0.1) is 5.52 Å². The van der Waals surface area contributed by atoms with E-state index in [0.29, 0.717) is 13.0 Å². The summed E-state index contributed by atoms with van der Waals surface area (Å²) in [6.07, 6.45) is 7.22. The molecule has 2 spiro atoms. The smallest absolute Gasteiger partial charge is 0.249 e. The molecule has 1 aromatic heterocycles. The number of aromatic amines is 1. The molecule has 0 unspecified atom stereocenters. The zero-order valence-corrected chi connectivity index (χ0v) is 20.5. The molecule has 1 aliphatic carbocycles. The monoisotopic (exact) mass is 463 g/mol. The van der Waals surface area contributed by atoms with E-state index in [2.05, 4.69) is 56.2 Å².